The molecule has 3 aromatic rings. The number of aryl methyl sites for hydroxylation is 2. The maximum Gasteiger partial charge on any atom is 0.138 e. The van der Waals surface area contributed by atoms with Gasteiger partial charge < -0.3 is 9.84 Å². The van der Waals surface area contributed by atoms with Crippen molar-refractivity contribution in [3.63, 3.8) is 0 Å². The fourth-order valence-corrected chi connectivity index (χ4v) is 2.67. The van der Waals surface area contributed by atoms with Crippen LogP contribution in [0.4, 0.5) is 4.39 Å². The third kappa shape index (κ3) is 3.07. The number of hydrogen-bond acceptors (Lipinski definition) is 5. The highest BCUT2D eigenvalue weighted by atomic mass is 19.1. The van der Waals surface area contributed by atoms with Gasteiger partial charge in [-0.1, -0.05) is 10.4 Å². The minimum absolute atomic E-state index is 0.00731. The van der Waals surface area contributed by atoms with E-state index in [1.165, 1.54) is 12.1 Å². The van der Waals surface area contributed by atoms with Gasteiger partial charge in [0, 0.05) is 12.1 Å². The molecule has 0 fully saturated rings. The van der Waals surface area contributed by atoms with Crippen molar-refractivity contribution in [1.82, 2.24) is 25.5 Å². The van der Waals surface area contributed by atoms with Gasteiger partial charge in [0.2, 0.25) is 0 Å². The molecule has 0 saturated heterocycles. The molecule has 0 aliphatic carbocycles. The maximum absolute atomic E-state index is 13.1. The summed E-state index contributed by atoms with van der Waals surface area (Å²) in [6, 6.07) is 6.20. The van der Waals surface area contributed by atoms with E-state index in [1.54, 1.807) is 16.8 Å². The standard InChI is InChI=1S/C17H20FN5O/c1-10-16(13(4)24-21-10)9-19-11(2)17-12(3)23(22-20-17)15-7-5-14(18)6-8-15/h5-8,11,19H,9H2,1-4H3. The number of rotatable bonds is 5. The van der Waals surface area contributed by atoms with E-state index < -0.39 is 0 Å². The van der Waals surface area contributed by atoms with Crippen molar-refractivity contribution in [3.05, 3.63) is 58.5 Å². The second kappa shape index (κ2) is 6.52. The fraction of sp³-hybridized carbons (Fsp3) is 0.353. The highest BCUT2D eigenvalue weighted by Crippen LogP contribution is 2.19. The quantitative estimate of drug-likeness (QED) is 0.778. The van der Waals surface area contributed by atoms with E-state index in [-0.39, 0.29) is 11.9 Å². The summed E-state index contributed by atoms with van der Waals surface area (Å²) >= 11 is 0. The molecule has 2 aromatic heterocycles. The molecule has 1 unspecified atom stereocenters. The second-order valence-corrected chi connectivity index (χ2v) is 5.85. The molecule has 1 atom stereocenters. The lowest BCUT2D eigenvalue weighted by atomic mass is 10.1. The normalized spacial score (nSPS) is 12.5. The Labute approximate surface area is 139 Å². The first-order valence-electron chi connectivity index (χ1n) is 7.80. The Hall–Kier alpha value is -2.54. The van der Waals surface area contributed by atoms with E-state index in [1.807, 2.05) is 27.7 Å². The molecular weight excluding hydrogens is 309 g/mol. The van der Waals surface area contributed by atoms with Crippen LogP contribution in [-0.2, 0) is 6.54 Å². The van der Waals surface area contributed by atoms with Crippen molar-refractivity contribution in [2.24, 2.45) is 0 Å². The zero-order chi connectivity index (χ0) is 17.3. The van der Waals surface area contributed by atoms with Gasteiger partial charge in [0.25, 0.3) is 0 Å². The molecule has 0 saturated carbocycles. The zero-order valence-corrected chi connectivity index (χ0v) is 14.2. The molecule has 0 spiro atoms. The van der Waals surface area contributed by atoms with Crippen molar-refractivity contribution in [3.8, 4) is 5.69 Å². The van der Waals surface area contributed by atoms with Gasteiger partial charge in [-0.2, -0.15) is 0 Å². The van der Waals surface area contributed by atoms with Crippen LogP contribution in [-0.4, -0.2) is 20.2 Å². The largest absolute Gasteiger partial charge is 0.361 e. The van der Waals surface area contributed by atoms with Crippen LogP contribution in [0.15, 0.2) is 28.8 Å². The Kier molecular flexibility index (Phi) is 4.44. The second-order valence-electron chi connectivity index (χ2n) is 5.85. The molecule has 0 aliphatic rings. The summed E-state index contributed by atoms with van der Waals surface area (Å²) < 4.78 is 20.0. The number of aromatic nitrogens is 4. The number of halogens is 1. The zero-order valence-electron chi connectivity index (χ0n) is 14.2. The molecule has 0 aliphatic heterocycles. The fourth-order valence-electron chi connectivity index (χ4n) is 2.67. The molecule has 0 radical (unpaired) electrons. The number of benzene rings is 1. The third-order valence-corrected chi connectivity index (χ3v) is 4.18. The smallest absolute Gasteiger partial charge is 0.138 e. The van der Waals surface area contributed by atoms with Crippen molar-refractivity contribution in [2.45, 2.75) is 40.3 Å². The summed E-state index contributed by atoms with van der Waals surface area (Å²) in [7, 11) is 0. The highest BCUT2D eigenvalue weighted by Gasteiger charge is 2.17. The van der Waals surface area contributed by atoms with Gasteiger partial charge >= 0.3 is 0 Å². The van der Waals surface area contributed by atoms with E-state index >= 15 is 0 Å². The van der Waals surface area contributed by atoms with Gasteiger partial charge in [0.05, 0.1) is 23.1 Å². The lowest BCUT2D eigenvalue weighted by Crippen LogP contribution is -2.20. The molecular formula is C17H20FN5O. The van der Waals surface area contributed by atoms with E-state index in [0.717, 1.165) is 34.1 Å². The van der Waals surface area contributed by atoms with Crippen molar-refractivity contribution >= 4 is 0 Å². The van der Waals surface area contributed by atoms with Gasteiger partial charge in [-0.25, -0.2) is 9.07 Å². The Bertz CT molecular complexity index is 818. The van der Waals surface area contributed by atoms with Crippen molar-refractivity contribution in [2.75, 3.05) is 0 Å². The van der Waals surface area contributed by atoms with E-state index in [2.05, 4.69) is 20.8 Å². The van der Waals surface area contributed by atoms with E-state index in [9.17, 15) is 4.39 Å². The Morgan fingerprint density at radius 2 is 1.92 bits per heavy atom. The summed E-state index contributed by atoms with van der Waals surface area (Å²) in [6.45, 7) is 8.45. The molecule has 0 bridgehead atoms. The number of nitrogens with one attached hydrogen (secondary N) is 1. The first kappa shape index (κ1) is 16.3. The number of hydrogen-bond donors (Lipinski definition) is 1. The van der Waals surface area contributed by atoms with Crippen molar-refractivity contribution in [1.29, 1.82) is 0 Å². The van der Waals surface area contributed by atoms with Crippen LogP contribution >= 0.6 is 0 Å². The van der Waals surface area contributed by atoms with Gasteiger partial charge in [-0.15, -0.1) is 5.10 Å². The molecule has 1 N–H and O–H groups in total. The van der Waals surface area contributed by atoms with Gasteiger partial charge in [-0.3, -0.25) is 0 Å². The Morgan fingerprint density at radius 3 is 2.54 bits per heavy atom. The third-order valence-electron chi connectivity index (χ3n) is 4.18. The van der Waals surface area contributed by atoms with Gasteiger partial charge in [0.15, 0.2) is 0 Å². The van der Waals surface area contributed by atoms with Gasteiger partial charge in [-0.05, 0) is 52.0 Å². The van der Waals surface area contributed by atoms with E-state index in [0.29, 0.717) is 6.54 Å². The summed E-state index contributed by atoms with van der Waals surface area (Å²) in [5.41, 5.74) is 4.50. The minimum Gasteiger partial charge on any atom is -0.361 e. The van der Waals surface area contributed by atoms with Crippen LogP contribution < -0.4 is 5.32 Å². The predicted molar refractivity (Wildman–Crippen MR) is 87.3 cm³/mol. The van der Waals surface area contributed by atoms with Crippen molar-refractivity contribution < 1.29 is 8.91 Å². The molecule has 3 rings (SSSR count). The first-order valence-corrected chi connectivity index (χ1v) is 7.80. The summed E-state index contributed by atoms with van der Waals surface area (Å²) in [5, 5.41) is 15.8. The van der Waals surface area contributed by atoms with E-state index in [4.69, 9.17) is 4.52 Å². The SMILES string of the molecule is Cc1noc(C)c1CNC(C)c1nnn(-c2ccc(F)cc2)c1C. The molecule has 0 amide bonds. The lowest BCUT2D eigenvalue weighted by Gasteiger charge is -2.12. The Balaban J connectivity index is 1.76. The van der Waals surface area contributed by atoms with Crippen LogP contribution in [0.2, 0.25) is 0 Å². The van der Waals surface area contributed by atoms with Gasteiger partial charge in [0.1, 0.15) is 17.3 Å². The number of nitrogens with zero attached hydrogens (tertiary/aromatic N) is 4. The highest BCUT2D eigenvalue weighted by molar-refractivity contribution is 5.33. The van der Waals surface area contributed by atoms with Crippen LogP contribution in [0.25, 0.3) is 5.69 Å². The maximum atomic E-state index is 13.1. The summed E-state index contributed by atoms with van der Waals surface area (Å²) in [4.78, 5) is 0. The Morgan fingerprint density at radius 1 is 1.21 bits per heavy atom. The first-order chi connectivity index (χ1) is 11.5. The predicted octanol–water partition coefficient (Wildman–Crippen LogP) is 3.17. The van der Waals surface area contributed by atoms with Crippen LogP contribution in [0, 0.1) is 26.6 Å². The molecule has 2 heterocycles. The average molecular weight is 329 g/mol. The van der Waals surface area contributed by atoms with Crippen LogP contribution in [0.3, 0.4) is 0 Å². The monoisotopic (exact) mass is 329 g/mol. The lowest BCUT2D eigenvalue weighted by molar-refractivity contribution is 0.391. The molecule has 6 nitrogen and oxygen atoms in total. The molecule has 1 aromatic carbocycles. The summed E-state index contributed by atoms with van der Waals surface area (Å²) in [5.74, 6) is 0.546. The molecule has 126 valence electrons. The topological polar surface area (TPSA) is 68.8 Å². The molecule has 24 heavy (non-hydrogen) atoms. The van der Waals surface area contributed by atoms with Crippen LogP contribution in [0.5, 0.6) is 0 Å². The minimum atomic E-state index is -0.272. The molecule has 7 heteroatoms. The average Bonchev–Trinajstić information content (AvgIpc) is 3.09. The summed E-state index contributed by atoms with van der Waals surface area (Å²) in [6.07, 6.45) is 0. The van der Waals surface area contributed by atoms with Crippen LogP contribution in [0.1, 0.15) is 41.4 Å².